The van der Waals surface area contributed by atoms with Gasteiger partial charge in [0.1, 0.15) is 21.8 Å². The molecule has 2 aromatic rings. The molecule has 1 aliphatic carbocycles. The lowest BCUT2D eigenvalue weighted by Crippen LogP contribution is -2.46. The summed E-state index contributed by atoms with van der Waals surface area (Å²) in [6, 6.07) is 6.26. The number of fused-ring (bicyclic) bond motifs is 1. The van der Waals surface area contributed by atoms with Crippen molar-refractivity contribution in [2.24, 2.45) is 5.14 Å². The smallest absolute Gasteiger partial charge is 0.239 e. The number of rotatable bonds is 4. The fourth-order valence-electron chi connectivity index (χ4n) is 3.95. The third-order valence-corrected chi connectivity index (χ3v) is 7.84. The molecule has 1 heterocycles. The van der Waals surface area contributed by atoms with Gasteiger partial charge >= 0.3 is 0 Å². The number of sulfonamides is 1. The molecule has 2 N–H and O–H groups in total. The highest BCUT2D eigenvalue weighted by atomic mass is 35.5. The lowest BCUT2D eigenvalue weighted by Gasteiger charge is -2.35. The standard InChI is InChI=1S/C19H18Cl4N2O4S/c20-10-7-12-11(13(21)8-10)9-14(25-3-5-28-6-4-25)19(12)29-15-1-2-16(30(24,26)27)18(23)17(15)22/h1-2,7-8,14,19H,3-6,9H2,(H2,24,26,27)/t14-,19-/m0/s1. The molecular formula is C19H18Cl4N2O4S. The van der Waals surface area contributed by atoms with E-state index in [1.54, 1.807) is 6.07 Å². The van der Waals surface area contributed by atoms with E-state index in [0.717, 1.165) is 24.2 Å². The number of halogens is 4. The number of hydrogen-bond donors (Lipinski definition) is 1. The van der Waals surface area contributed by atoms with E-state index >= 15 is 0 Å². The van der Waals surface area contributed by atoms with Gasteiger partial charge in [-0.3, -0.25) is 4.90 Å². The van der Waals surface area contributed by atoms with Crippen LogP contribution >= 0.6 is 46.4 Å². The maximum absolute atomic E-state index is 11.7. The molecule has 4 rings (SSSR count). The minimum atomic E-state index is -4.02. The highest BCUT2D eigenvalue weighted by molar-refractivity contribution is 7.89. The summed E-state index contributed by atoms with van der Waals surface area (Å²) in [7, 11) is -4.02. The summed E-state index contributed by atoms with van der Waals surface area (Å²) in [6.45, 7) is 2.76. The lowest BCUT2D eigenvalue weighted by atomic mass is 10.1. The second-order valence-corrected chi connectivity index (χ2v) is 10.3. The van der Waals surface area contributed by atoms with Crippen LogP contribution in [0.2, 0.25) is 20.1 Å². The van der Waals surface area contributed by atoms with E-state index in [0.29, 0.717) is 29.7 Å². The Labute approximate surface area is 194 Å². The fourth-order valence-corrected chi connectivity index (χ4v) is 5.89. The Morgan fingerprint density at radius 3 is 2.43 bits per heavy atom. The number of primary sulfonamides is 1. The van der Waals surface area contributed by atoms with Crippen molar-refractivity contribution in [3.8, 4) is 5.75 Å². The van der Waals surface area contributed by atoms with E-state index in [2.05, 4.69) is 4.90 Å². The lowest BCUT2D eigenvalue weighted by molar-refractivity contribution is -0.0102. The van der Waals surface area contributed by atoms with Gasteiger partial charge in [-0.15, -0.1) is 0 Å². The number of nitrogens with two attached hydrogens (primary N) is 1. The van der Waals surface area contributed by atoms with Crippen molar-refractivity contribution in [2.75, 3.05) is 26.3 Å². The van der Waals surface area contributed by atoms with Crippen LogP contribution in [-0.4, -0.2) is 45.7 Å². The van der Waals surface area contributed by atoms with Crippen molar-refractivity contribution in [1.29, 1.82) is 0 Å². The number of nitrogens with zero attached hydrogens (tertiary/aromatic N) is 1. The topological polar surface area (TPSA) is 81.9 Å². The van der Waals surface area contributed by atoms with Crippen LogP contribution in [0.25, 0.3) is 0 Å². The average Bonchev–Trinajstić information content (AvgIpc) is 3.04. The van der Waals surface area contributed by atoms with Crippen molar-refractivity contribution >= 4 is 56.4 Å². The molecule has 0 spiro atoms. The maximum Gasteiger partial charge on any atom is 0.239 e. The fraction of sp³-hybridized carbons (Fsp3) is 0.368. The predicted molar refractivity (Wildman–Crippen MR) is 118 cm³/mol. The van der Waals surface area contributed by atoms with Gasteiger partial charge in [-0.1, -0.05) is 46.4 Å². The molecule has 2 aromatic carbocycles. The molecule has 0 amide bonds. The quantitative estimate of drug-likeness (QED) is 0.660. The van der Waals surface area contributed by atoms with Crippen molar-refractivity contribution in [3.05, 3.63) is 55.5 Å². The van der Waals surface area contributed by atoms with E-state index in [1.807, 2.05) is 6.07 Å². The molecule has 2 atom stereocenters. The van der Waals surface area contributed by atoms with Gasteiger partial charge in [0.05, 0.1) is 24.3 Å². The van der Waals surface area contributed by atoms with Crippen LogP contribution < -0.4 is 9.88 Å². The maximum atomic E-state index is 11.7. The second kappa shape index (κ2) is 8.64. The monoisotopic (exact) mass is 510 g/mol. The van der Waals surface area contributed by atoms with Gasteiger partial charge in [0, 0.05) is 28.7 Å². The molecule has 1 saturated heterocycles. The summed E-state index contributed by atoms with van der Waals surface area (Å²) in [5, 5.41) is 6.08. The highest BCUT2D eigenvalue weighted by Crippen LogP contribution is 2.45. The zero-order chi connectivity index (χ0) is 21.6. The Kier molecular flexibility index (Phi) is 6.46. The molecule has 2 aliphatic rings. The van der Waals surface area contributed by atoms with Gasteiger partial charge in [-0.25, -0.2) is 13.6 Å². The molecule has 162 valence electrons. The number of benzene rings is 2. The zero-order valence-electron chi connectivity index (χ0n) is 15.6. The molecule has 11 heteroatoms. The van der Waals surface area contributed by atoms with Gasteiger partial charge in [-0.05, 0) is 36.2 Å². The normalized spacial score (nSPS) is 22.2. The molecular weight excluding hydrogens is 494 g/mol. The van der Waals surface area contributed by atoms with E-state index in [-0.39, 0.29) is 26.7 Å². The third-order valence-electron chi connectivity index (χ3n) is 5.35. The minimum absolute atomic E-state index is 0.0207. The van der Waals surface area contributed by atoms with Crippen molar-refractivity contribution < 1.29 is 17.9 Å². The first kappa shape index (κ1) is 22.4. The Balaban J connectivity index is 1.74. The van der Waals surface area contributed by atoms with Crippen LogP contribution in [0.4, 0.5) is 0 Å². The molecule has 30 heavy (non-hydrogen) atoms. The molecule has 1 fully saturated rings. The SMILES string of the molecule is NS(=O)(=O)c1ccc(O[C@H]2c3cc(Cl)cc(Cl)c3C[C@@H]2N2CCOCC2)c(Cl)c1Cl. The van der Waals surface area contributed by atoms with Crippen LogP contribution in [0, 0.1) is 0 Å². The van der Waals surface area contributed by atoms with Crippen molar-refractivity contribution in [2.45, 2.75) is 23.5 Å². The Morgan fingerprint density at radius 1 is 1.07 bits per heavy atom. The molecule has 6 nitrogen and oxygen atoms in total. The van der Waals surface area contributed by atoms with E-state index in [4.69, 9.17) is 61.0 Å². The Morgan fingerprint density at radius 2 is 1.77 bits per heavy atom. The van der Waals surface area contributed by atoms with Crippen LogP contribution in [0.5, 0.6) is 5.75 Å². The van der Waals surface area contributed by atoms with E-state index in [1.165, 1.54) is 12.1 Å². The minimum Gasteiger partial charge on any atom is -0.482 e. The van der Waals surface area contributed by atoms with Gasteiger partial charge in [-0.2, -0.15) is 0 Å². The van der Waals surface area contributed by atoms with Crippen molar-refractivity contribution in [3.63, 3.8) is 0 Å². The van der Waals surface area contributed by atoms with E-state index < -0.39 is 16.1 Å². The summed E-state index contributed by atoms with van der Waals surface area (Å²) < 4.78 is 35.2. The number of hydrogen-bond acceptors (Lipinski definition) is 5. The number of morpholine rings is 1. The first-order valence-corrected chi connectivity index (χ1v) is 12.2. The summed E-state index contributed by atoms with van der Waals surface area (Å²) in [6.07, 6.45) is 0.250. The van der Waals surface area contributed by atoms with Crippen LogP contribution in [0.3, 0.4) is 0 Å². The highest BCUT2D eigenvalue weighted by Gasteiger charge is 2.40. The van der Waals surface area contributed by atoms with Gasteiger partial charge in [0.2, 0.25) is 10.0 Å². The van der Waals surface area contributed by atoms with Crippen molar-refractivity contribution in [1.82, 2.24) is 4.90 Å². The molecule has 1 aliphatic heterocycles. The van der Waals surface area contributed by atoms with Crippen LogP contribution in [-0.2, 0) is 21.2 Å². The Bertz CT molecular complexity index is 1090. The van der Waals surface area contributed by atoms with Crippen LogP contribution in [0.15, 0.2) is 29.2 Å². The van der Waals surface area contributed by atoms with Gasteiger partial charge in [0.15, 0.2) is 0 Å². The average molecular weight is 512 g/mol. The first-order chi connectivity index (χ1) is 14.2. The Hall–Kier alpha value is -0.770. The molecule has 0 saturated carbocycles. The molecule has 0 radical (unpaired) electrons. The summed E-state index contributed by atoms with van der Waals surface area (Å²) in [5.74, 6) is 0.251. The molecule has 0 unspecified atom stereocenters. The summed E-state index contributed by atoms with van der Waals surface area (Å²) in [5.41, 5.74) is 1.83. The van der Waals surface area contributed by atoms with Gasteiger partial charge < -0.3 is 9.47 Å². The van der Waals surface area contributed by atoms with Crippen LogP contribution in [0.1, 0.15) is 17.2 Å². The molecule has 0 bridgehead atoms. The number of ether oxygens (including phenoxy) is 2. The first-order valence-electron chi connectivity index (χ1n) is 9.14. The molecule has 0 aromatic heterocycles. The predicted octanol–water partition coefficient (Wildman–Crippen LogP) is 4.32. The summed E-state index contributed by atoms with van der Waals surface area (Å²) >= 11 is 25.2. The largest absolute Gasteiger partial charge is 0.482 e. The third kappa shape index (κ3) is 4.27. The van der Waals surface area contributed by atoms with E-state index in [9.17, 15) is 8.42 Å². The second-order valence-electron chi connectivity index (χ2n) is 7.15. The zero-order valence-corrected chi connectivity index (χ0v) is 19.4. The summed E-state index contributed by atoms with van der Waals surface area (Å²) in [4.78, 5) is 2.02. The van der Waals surface area contributed by atoms with Gasteiger partial charge in [0.25, 0.3) is 0 Å².